The Labute approximate surface area is 177 Å². The van der Waals surface area contributed by atoms with E-state index in [1.165, 1.54) is 12.1 Å². The van der Waals surface area contributed by atoms with Gasteiger partial charge in [-0.15, -0.1) is 0 Å². The number of carbonyl (C=O) groups is 1. The maximum atomic E-state index is 13.1. The molecule has 0 atom stereocenters. The third-order valence-corrected chi connectivity index (χ3v) is 6.18. The number of carboxylic acid groups (broad SMARTS) is 1. The van der Waals surface area contributed by atoms with Gasteiger partial charge >= 0.3 is 5.97 Å². The summed E-state index contributed by atoms with van der Waals surface area (Å²) in [7, 11) is -4.01. The van der Waals surface area contributed by atoms with Crippen LogP contribution in [0.1, 0.15) is 37.6 Å². The summed E-state index contributed by atoms with van der Waals surface area (Å²) in [5, 5.41) is 14.1. The van der Waals surface area contributed by atoms with E-state index in [4.69, 9.17) is 0 Å². The molecule has 0 fully saturated rings. The Morgan fingerprint density at radius 1 is 0.933 bits per heavy atom. The van der Waals surface area contributed by atoms with Crippen LogP contribution in [0.15, 0.2) is 65.6 Å². The molecule has 6 nitrogen and oxygen atoms in total. The predicted molar refractivity (Wildman–Crippen MR) is 121 cm³/mol. The number of aromatic carboxylic acids is 1. The van der Waals surface area contributed by atoms with Crippen LogP contribution in [-0.2, 0) is 10.0 Å². The minimum Gasteiger partial charge on any atom is -0.478 e. The average molecular weight is 427 g/mol. The summed E-state index contributed by atoms with van der Waals surface area (Å²) in [6.07, 6.45) is 0.864. The van der Waals surface area contributed by atoms with Crippen molar-refractivity contribution < 1.29 is 18.3 Å². The van der Waals surface area contributed by atoms with Crippen molar-refractivity contribution in [2.24, 2.45) is 5.41 Å². The molecule has 7 heteroatoms. The SMILES string of the molecule is CC(C)(C)CCNc1ccccc1S(=O)(=O)Nc1ccc2ccccc2c1C(=O)O. The normalized spacial score (nSPS) is 12.0. The van der Waals surface area contributed by atoms with Crippen LogP contribution in [0.3, 0.4) is 0 Å². The molecular formula is C23H26N2O4S. The number of carboxylic acids is 1. The van der Waals surface area contributed by atoms with Crippen molar-refractivity contribution in [2.75, 3.05) is 16.6 Å². The Morgan fingerprint density at radius 2 is 1.60 bits per heavy atom. The minimum absolute atomic E-state index is 0.0331. The molecule has 0 aliphatic rings. The molecule has 0 bridgehead atoms. The van der Waals surface area contributed by atoms with E-state index in [2.05, 4.69) is 30.8 Å². The molecule has 3 aromatic rings. The highest BCUT2D eigenvalue weighted by molar-refractivity contribution is 7.92. The maximum Gasteiger partial charge on any atom is 0.338 e. The van der Waals surface area contributed by atoms with E-state index in [1.807, 2.05) is 0 Å². The lowest BCUT2D eigenvalue weighted by Gasteiger charge is -2.20. The van der Waals surface area contributed by atoms with Gasteiger partial charge in [-0.3, -0.25) is 4.72 Å². The Hall–Kier alpha value is -3.06. The van der Waals surface area contributed by atoms with E-state index in [0.29, 0.717) is 17.6 Å². The fourth-order valence-corrected chi connectivity index (χ4v) is 4.46. The lowest BCUT2D eigenvalue weighted by atomic mass is 9.92. The molecule has 0 saturated heterocycles. The smallest absolute Gasteiger partial charge is 0.338 e. The van der Waals surface area contributed by atoms with Crippen LogP contribution in [0.25, 0.3) is 10.8 Å². The predicted octanol–water partition coefficient (Wildman–Crippen LogP) is 5.19. The first-order valence-corrected chi connectivity index (χ1v) is 11.2. The van der Waals surface area contributed by atoms with Crippen molar-refractivity contribution in [3.8, 4) is 0 Å². The molecule has 0 aliphatic carbocycles. The van der Waals surface area contributed by atoms with Crippen molar-refractivity contribution >= 4 is 38.1 Å². The van der Waals surface area contributed by atoms with Gasteiger partial charge in [0.1, 0.15) is 4.90 Å². The van der Waals surface area contributed by atoms with Crippen molar-refractivity contribution in [1.29, 1.82) is 0 Å². The van der Waals surface area contributed by atoms with Crippen LogP contribution in [-0.4, -0.2) is 26.0 Å². The molecule has 0 spiro atoms. The van der Waals surface area contributed by atoms with Gasteiger partial charge in [0.25, 0.3) is 10.0 Å². The van der Waals surface area contributed by atoms with Gasteiger partial charge in [-0.1, -0.05) is 63.2 Å². The number of nitrogens with one attached hydrogen (secondary N) is 2. The quantitative estimate of drug-likeness (QED) is 0.483. The molecule has 3 N–H and O–H groups in total. The van der Waals surface area contributed by atoms with Gasteiger partial charge in [-0.2, -0.15) is 0 Å². The van der Waals surface area contributed by atoms with Crippen LogP contribution in [0.5, 0.6) is 0 Å². The van der Waals surface area contributed by atoms with Gasteiger partial charge in [0, 0.05) is 6.54 Å². The molecule has 158 valence electrons. The summed E-state index contributed by atoms with van der Waals surface area (Å²) in [6.45, 7) is 6.97. The third-order valence-electron chi connectivity index (χ3n) is 4.75. The monoisotopic (exact) mass is 426 g/mol. The van der Waals surface area contributed by atoms with Gasteiger partial charge in [-0.05, 0) is 40.8 Å². The van der Waals surface area contributed by atoms with E-state index in [0.717, 1.165) is 11.8 Å². The number of sulfonamides is 1. The summed E-state index contributed by atoms with van der Waals surface area (Å²) in [4.78, 5) is 12.0. The highest BCUT2D eigenvalue weighted by Gasteiger charge is 2.23. The molecule has 0 radical (unpaired) electrons. The van der Waals surface area contributed by atoms with Crippen molar-refractivity contribution in [2.45, 2.75) is 32.1 Å². The Kier molecular flexibility index (Phi) is 6.03. The van der Waals surface area contributed by atoms with Crippen LogP contribution < -0.4 is 10.0 Å². The second kappa shape index (κ2) is 8.36. The summed E-state index contributed by atoms with van der Waals surface area (Å²) < 4.78 is 28.8. The second-order valence-corrected chi connectivity index (χ2v) is 10.0. The summed E-state index contributed by atoms with van der Waals surface area (Å²) in [6, 6.07) is 16.8. The Bertz CT molecular complexity index is 1180. The number of benzene rings is 3. The number of rotatable bonds is 7. The van der Waals surface area contributed by atoms with E-state index < -0.39 is 16.0 Å². The van der Waals surface area contributed by atoms with Crippen molar-refractivity contribution in [3.63, 3.8) is 0 Å². The molecule has 0 amide bonds. The second-order valence-electron chi connectivity index (χ2n) is 8.35. The van der Waals surface area contributed by atoms with E-state index >= 15 is 0 Å². The zero-order chi connectivity index (χ0) is 21.9. The Balaban J connectivity index is 1.97. The molecule has 0 aliphatic heterocycles. The first kappa shape index (κ1) is 21.6. The standard InChI is InChI=1S/C23H26N2O4S/c1-23(2,3)14-15-24-18-10-6-7-11-20(18)30(28,29)25-19-13-12-16-8-4-5-9-17(16)21(19)22(26)27/h4-13,24-25H,14-15H2,1-3H3,(H,26,27). The lowest BCUT2D eigenvalue weighted by Crippen LogP contribution is -2.19. The van der Waals surface area contributed by atoms with Crippen LogP contribution >= 0.6 is 0 Å². The number of para-hydroxylation sites is 1. The number of hydrogen-bond acceptors (Lipinski definition) is 4. The fourth-order valence-electron chi connectivity index (χ4n) is 3.21. The van der Waals surface area contributed by atoms with Gasteiger partial charge < -0.3 is 10.4 Å². The molecular weight excluding hydrogens is 400 g/mol. The molecule has 30 heavy (non-hydrogen) atoms. The summed E-state index contributed by atoms with van der Waals surface area (Å²) in [5.74, 6) is -1.19. The molecule has 0 aromatic heterocycles. The van der Waals surface area contributed by atoms with Crippen molar-refractivity contribution in [1.82, 2.24) is 0 Å². The lowest BCUT2D eigenvalue weighted by molar-refractivity contribution is 0.0700. The Morgan fingerprint density at radius 3 is 2.30 bits per heavy atom. The van der Waals surface area contributed by atoms with Crippen molar-refractivity contribution in [3.05, 3.63) is 66.2 Å². The molecule has 3 aromatic carbocycles. The number of anilines is 2. The van der Waals surface area contributed by atoms with E-state index in [9.17, 15) is 18.3 Å². The van der Waals surface area contributed by atoms with Crippen LogP contribution in [0, 0.1) is 5.41 Å². The molecule has 0 heterocycles. The first-order chi connectivity index (χ1) is 14.1. The minimum atomic E-state index is -4.01. The van der Waals surface area contributed by atoms with Gasteiger partial charge in [0.05, 0.1) is 16.9 Å². The van der Waals surface area contributed by atoms with Gasteiger partial charge in [0.15, 0.2) is 0 Å². The molecule has 0 saturated carbocycles. The topological polar surface area (TPSA) is 95.5 Å². The van der Waals surface area contributed by atoms with Gasteiger partial charge in [-0.25, -0.2) is 13.2 Å². The zero-order valence-corrected chi connectivity index (χ0v) is 18.1. The largest absolute Gasteiger partial charge is 0.478 e. The third kappa shape index (κ3) is 4.91. The first-order valence-electron chi connectivity index (χ1n) is 9.69. The zero-order valence-electron chi connectivity index (χ0n) is 17.3. The fraction of sp³-hybridized carbons (Fsp3) is 0.261. The van der Waals surface area contributed by atoms with Gasteiger partial charge in [0.2, 0.25) is 0 Å². The maximum absolute atomic E-state index is 13.1. The van der Waals surface area contributed by atoms with E-state index in [-0.39, 0.29) is 21.6 Å². The highest BCUT2D eigenvalue weighted by Crippen LogP contribution is 2.30. The average Bonchev–Trinajstić information content (AvgIpc) is 2.66. The number of hydrogen-bond donors (Lipinski definition) is 3. The summed E-state index contributed by atoms with van der Waals surface area (Å²) in [5.41, 5.74) is 0.549. The summed E-state index contributed by atoms with van der Waals surface area (Å²) >= 11 is 0. The molecule has 3 rings (SSSR count). The highest BCUT2D eigenvalue weighted by atomic mass is 32.2. The van der Waals surface area contributed by atoms with E-state index in [1.54, 1.807) is 48.5 Å². The van der Waals surface area contributed by atoms with Crippen LogP contribution in [0.4, 0.5) is 11.4 Å². The molecule has 0 unspecified atom stereocenters. The van der Waals surface area contributed by atoms with Crippen LogP contribution in [0.2, 0.25) is 0 Å². The number of fused-ring (bicyclic) bond motifs is 1.